The van der Waals surface area contributed by atoms with Gasteiger partial charge in [-0.2, -0.15) is 0 Å². The van der Waals surface area contributed by atoms with Crippen molar-refractivity contribution in [1.29, 1.82) is 0 Å². The van der Waals surface area contributed by atoms with E-state index < -0.39 is 16.6 Å². The van der Waals surface area contributed by atoms with Gasteiger partial charge in [-0.25, -0.2) is 0 Å². The summed E-state index contributed by atoms with van der Waals surface area (Å²) in [6.45, 7) is 3.44. The number of nitro groups is 1. The standard InChI is InChI=1S/C9H11NO3/c1-2-6-9(10(12)13)7-4-3-5-8(9)11/h2-5,7-8,11H,1,6H2. The third-order valence-electron chi connectivity index (χ3n) is 2.11. The van der Waals surface area contributed by atoms with Crippen LogP contribution < -0.4 is 0 Å². The maximum Gasteiger partial charge on any atom is 0.272 e. The van der Waals surface area contributed by atoms with Crippen LogP contribution in [0.2, 0.25) is 0 Å². The molecule has 13 heavy (non-hydrogen) atoms. The number of nitrogens with zero attached hydrogens (tertiary/aromatic N) is 1. The monoisotopic (exact) mass is 181 g/mol. The molecule has 4 nitrogen and oxygen atoms in total. The first-order chi connectivity index (χ1) is 6.13. The summed E-state index contributed by atoms with van der Waals surface area (Å²) in [5, 5.41) is 20.3. The van der Waals surface area contributed by atoms with Crippen molar-refractivity contribution in [3.63, 3.8) is 0 Å². The molecule has 1 aliphatic rings. The highest BCUT2D eigenvalue weighted by Crippen LogP contribution is 2.26. The molecule has 70 valence electrons. The van der Waals surface area contributed by atoms with Crippen LogP contribution in [0.25, 0.3) is 0 Å². The summed E-state index contributed by atoms with van der Waals surface area (Å²) in [7, 11) is 0. The first-order valence-corrected chi connectivity index (χ1v) is 3.93. The number of aliphatic hydroxyl groups excluding tert-OH is 1. The molecule has 0 fully saturated rings. The highest BCUT2D eigenvalue weighted by atomic mass is 16.6. The van der Waals surface area contributed by atoms with E-state index in [1.165, 1.54) is 18.2 Å². The Hall–Kier alpha value is -1.42. The zero-order valence-electron chi connectivity index (χ0n) is 7.09. The number of rotatable bonds is 3. The first kappa shape index (κ1) is 9.67. The van der Waals surface area contributed by atoms with E-state index in [1.807, 2.05) is 0 Å². The smallest absolute Gasteiger partial charge is 0.272 e. The fourth-order valence-electron chi connectivity index (χ4n) is 1.32. The van der Waals surface area contributed by atoms with E-state index in [9.17, 15) is 15.2 Å². The molecule has 0 saturated heterocycles. The normalized spacial score (nSPS) is 31.6. The topological polar surface area (TPSA) is 63.4 Å². The lowest BCUT2D eigenvalue weighted by atomic mass is 9.86. The third kappa shape index (κ3) is 1.53. The highest BCUT2D eigenvalue weighted by molar-refractivity contribution is 5.23. The number of allylic oxidation sites excluding steroid dienone is 2. The predicted molar refractivity (Wildman–Crippen MR) is 48.8 cm³/mol. The Balaban J connectivity index is 3.02. The van der Waals surface area contributed by atoms with E-state index in [0.29, 0.717) is 0 Å². The lowest BCUT2D eigenvalue weighted by Crippen LogP contribution is -2.47. The molecule has 1 aliphatic carbocycles. The largest absolute Gasteiger partial charge is 0.381 e. The lowest BCUT2D eigenvalue weighted by Gasteiger charge is -2.25. The van der Waals surface area contributed by atoms with Gasteiger partial charge in [0.1, 0.15) is 6.10 Å². The molecule has 0 heterocycles. The molecule has 0 saturated carbocycles. The van der Waals surface area contributed by atoms with Crippen LogP contribution in [0.4, 0.5) is 0 Å². The van der Waals surface area contributed by atoms with Crippen LogP contribution in [-0.2, 0) is 0 Å². The molecule has 0 spiro atoms. The van der Waals surface area contributed by atoms with Crippen molar-refractivity contribution in [2.75, 3.05) is 0 Å². The van der Waals surface area contributed by atoms with E-state index in [1.54, 1.807) is 12.2 Å². The molecule has 0 aromatic rings. The maximum absolute atomic E-state index is 10.8. The van der Waals surface area contributed by atoms with Crippen LogP contribution in [0, 0.1) is 10.1 Å². The summed E-state index contributed by atoms with van der Waals surface area (Å²) >= 11 is 0. The van der Waals surface area contributed by atoms with Crippen LogP contribution in [0.15, 0.2) is 37.0 Å². The van der Waals surface area contributed by atoms with Gasteiger partial charge in [-0.05, 0) is 12.2 Å². The van der Waals surface area contributed by atoms with Crippen LogP contribution >= 0.6 is 0 Å². The quantitative estimate of drug-likeness (QED) is 0.402. The molecule has 2 atom stereocenters. The Morgan fingerprint density at radius 3 is 2.85 bits per heavy atom. The fraction of sp³-hybridized carbons (Fsp3) is 0.333. The maximum atomic E-state index is 10.8. The van der Waals surface area contributed by atoms with Gasteiger partial charge in [0, 0.05) is 11.3 Å². The van der Waals surface area contributed by atoms with Crippen molar-refractivity contribution < 1.29 is 10.0 Å². The van der Waals surface area contributed by atoms with Gasteiger partial charge in [0.05, 0.1) is 0 Å². The van der Waals surface area contributed by atoms with Crippen molar-refractivity contribution >= 4 is 0 Å². The second kappa shape index (κ2) is 3.53. The van der Waals surface area contributed by atoms with Crippen molar-refractivity contribution in [2.24, 2.45) is 0 Å². The van der Waals surface area contributed by atoms with Crippen LogP contribution in [-0.4, -0.2) is 21.7 Å². The van der Waals surface area contributed by atoms with Gasteiger partial charge >= 0.3 is 0 Å². The Kier molecular flexibility index (Phi) is 2.63. The molecular formula is C9H11NO3. The Bertz CT molecular complexity index is 283. The molecule has 4 heteroatoms. The van der Waals surface area contributed by atoms with Gasteiger partial charge in [0.15, 0.2) is 0 Å². The Labute approximate surface area is 76.0 Å². The van der Waals surface area contributed by atoms with Gasteiger partial charge < -0.3 is 5.11 Å². The van der Waals surface area contributed by atoms with Crippen LogP contribution in [0.1, 0.15) is 6.42 Å². The van der Waals surface area contributed by atoms with Gasteiger partial charge in [0.25, 0.3) is 5.54 Å². The first-order valence-electron chi connectivity index (χ1n) is 3.93. The molecule has 0 bridgehead atoms. The summed E-state index contributed by atoms with van der Waals surface area (Å²) in [6.07, 6.45) is 6.46. The number of hydrogen-bond donors (Lipinski definition) is 1. The number of hydrogen-bond acceptors (Lipinski definition) is 3. The minimum atomic E-state index is -1.42. The van der Waals surface area contributed by atoms with Crippen molar-refractivity contribution in [3.8, 4) is 0 Å². The SMILES string of the molecule is C=CCC1([N+](=O)[O-])C=CC=CC1O. The summed E-state index contributed by atoms with van der Waals surface area (Å²) < 4.78 is 0. The Morgan fingerprint density at radius 1 is 1.69 bits per heavy atom. The van der Waals surface area contributed by atoms with E-state index in [4.69, 9.17) is 0 Å². The third-order valence-corrected chi connectivity index (χ3v) is 2.11. The van der Waals surface area contributed by atoms with E-state index in [0.717, 1.165) is 0 Å². The van der Waals surface area contributed by atoms with Gasteiger partial charge in [0.2, 0.25) is 0 Å². The van der Waals surface area contributed by atoms with E-state index >= 15 is 0 Å². The average molecular weight is 181 g/mol. The number of aliphatic hydroxyl groups is 1. The molecule has 2 unspecified atom stereocenters. The van der Waals surface area contributed by atoms with Crippen molar-refractivity contribution in [3.05, 3.63) is 47.1 Å². The minimum absolute atomic E-state index is 0.127. The van der Waals surface area contributed by atoms with Gasteiger partial charge in [-0.3, -0.25) is 10.1 Å². The van der Waals surface area contributed by atoms with Crippen LogP contribution in [0.3, 0.4) is 0 Å². The second-order valence-corrected chi connectivity index (χ2v) is 2.93. The minimum Gasteiger partial charge on any atom is -0.381 e. The zero-order valence-corrected chi connectivity index (χ0v) is 7.09. The predicted octanol–water partition coefficient (Wildman–Crippen LogP) is 1.06. The van der Waals surface area contributed by atoms with Crippen molar-refractivity contribution in [2.45, 2.75) is 18.1 Å². The molecule has 0 amide bonds. The van der Waals surface area contributed by atoms with Crippen molar-refractivity contribution in [1.82, 2.24) is 0 Å². The molecule has 0 aliphatic heterocycles. The van der Waals surface area contributed by atoms with Gasteiger partial charge in [-0.15, -0.1) is 6.58 Å². The Morgan fingerprint density at radius 2 is 2.38 bits per heavy atom. The second-order valence-electron chi connectivity index (χ2n) is 2.93. The lowest BCUT2D eigenvalue weighted by molar-refractivity contribution is -0.564. The fourth-order valence-corrected chi connectivity index (χ4v) is 1.32. The molecule has 1 N–H and O–H groups in total. The summed E-state index contributed by atoms with van der Waals surface area (Å²) in [4.78, 5) is 10.3. The van der Waals surface area contributed by atoms with Gasteiger partial charge in [-0.1, -0.05) is 18.2 Å². The highest BCUT2D eigenvalue weighted by Gasteiger charge is 2.46. The molecule has 1 rings (SSSR count). The molecule has 0 aromatic heterocycles. The molecular weight excluding hydrogens is 170 g/mol. The summed E-state index contributed by atoms with van der Waals surface area (Å²) in [6, 6.07) is 0. The van der Waals surface area contributed by atoms with E-state index in [2.05, 4.69) is 6.58 Å². The summed E-state index contributed by atoms with van der Waals surface area (Å²) in [5.74, 6) is 0. The average Bonchev–Trinajstić information content (AvgIpc) is 2.09. The zero-order chi connectivity index (χ0) is 9.90. The molecule has 0 radical (unpaired) electrons. The molecule has 0 aromatic carbocycles. The summed E-state index contributed by atoms with van der Waals surface area (Å²) in [5.41, 5.74) is -1.42. The van der Waals surface area contributed by atoms with Crippen LogP contribution in [0.5, 0.6) is 0 Å². The van der Waals surface area contributed by atoms with E-state index in [-0.39, 0.29) is 6.42 Å².